The molecule has 0 bridgehead atoms. The Balaban J connectivity index is 2.10. The van der Waals surface area contributed by atoms with Crippen LogP contribution in [0.5, 0.6) is 0 Å². The first-order valence-corrected chi connectivity index (χ1v) is 9.28. The predicted molar refractivity (Wildman–Crippen MR) is 102 cm³/mol. The lowest BCUT2D eigenvalue weighted by Gasteiger charge is -2.08. The third kappa shape index (κ3) is 4.10. The smallest absolute Gasteiger partial charge is 0.316 e. The summed E-state index contributed by atoms with van der Waals surface area (Å²) in [5.74, 6) is 0. The highest BCUT2D eigenvalue weighted by Crippen LogP contribution is 2.33. The second-order valence-electron chi connectivity index (χ2n) is 5.81. The van der Waals surface area contributed by atoms with Crippen molar-refractivity contribution in [2.24, 2.45) is 16.0 Å². The minimum absolute atomic E-state index is 0.205. The van der Waals surface area contributed by atoms with Crippen LogP contribution in [0.1, 0.15) is 5.56 Å². The number of hydrogen-bond donors (Lipinski definition) is 3. The van der Waals surface area contributed by atoms with Crippen LogP contribution in [0.4, 0.5) is 21.9 Å². The van der Waals surface area contributed by atoms with Gasteiger partial charge in [0.2, 0.25) is 0 Å². The Kier molecular flexibility index (Phi) is 4.89. The number of nitrogens with zero attached hydrogens (tertiary/aromatic N) is 2. The molecule has 0 saturated heterocycles. The largest absolute Gasteiger partial charge is 0.351 e. The van der Waals surface area contributed by atoms with Crippen molar-refractivity contribution >= 4 is 44.0 Å². The molecule has 0 radical (unpaired) electrons. The Hall–Kier alpha value is -3.30. The molecule has 0 atom stereocenters. The fraction of sp³-hybridized carbons (Fsp3) is 0.0556. The van der Waals surface area contributed by atoms with E-state index in [-0.39, 0.29) is 4.90 Å². The molecule has 2 amide bonds. The number of aryl methyl sites for hydroxylation is 1. The third-order valence-electron chi connectivity index (χ3n) is 3.81. The second-order valence-corrected chi connectivity index (χ2v) is 7.20. The molecule has 0 spiro atoms. The van der Waals surface area contributed by atoms with Crippen LogP contribution >= 0.6 is 0 Å². The van der Waals surface area contributed by atoms with Gasteiger partial charge in [-0.1, -0.05) is 30.3 Å². The van der Waals surface area contributed by atoms with Gasteiger partial charge in [-0.25, -0.2) is 4.79 Å². The minimum Gasteiger partial charge on any atom is -0.351 e. The lowest BCUT2D eigenvalue weighted by molar-refractivity contribution is 0.259. The molecule has 3 aromatic rings. The van der Waals surface area contributed by atoms with Gasteiger partial charge in [0.15, 0.2) is 0 Å². The Labute approximate surface area is 155 Å². The first-order valence-electron chi connectivity index (χ1n) is 7.84. The van der Waals surface area contributed by atoms with Gasteiger partial charge in [0, 0.05) is 10.8 Å². The summed E-state index contributed by atoms with van der Waals surface area (Å²) in [7, 11) is -4.37. The van der Waals surface area contributed by atoms with Gasteiger partial charge in [-0.2, -0.15) is 8.42 Å². The molecule has 0 heterocycles. The van der Waals surface area contributed by atoms with E-state index in [0.29, 0.717) is 27.8 Å². The summed E-state index contributed by atoms with van der Waals surface area (Å²) in [4.78, 5) is 11.0. The van der Waals surface area contributed by atoms with Crippen LogP contribution in [0.3, 0.4) is 0 Å². The number of azo groups is 1. The van der Waals surface area contributed by atoms with Crippen LogP contribution in [0.2, 0.25) is 0 Å². The maximum Gasteiger partial charge on any atom is 0.316 e. The lowest BCUT2D eigenvalue weighted by Crippen LogP contribution is -2.19. The molecule has 0 aliphatic heterocycles. The molecule has 0 aliphatic rings. The van der Waals surface area contributed by atoms with Crippen molar-refractivity contribution in [2.75, 3.05) is 5.32 Å². The number of urea groups is 1. The number of rotatable bonds is 4. The summed E-state index contributed by atoms with van der Waals surface area (Å²) in [6, 6.07) is 13.8. The monoisotopic (exact) mass is 384 g/mol. The minimum atomic E-state index is -4.37. The molecule has 0 aliphatic carbocycles. The number of carbonyl (C=O) groups is 1. The standard InChI is InChI=1S/C18H16N4O4S/c1-11-6-7-15(16(10-11)20-18(19)23)22-21-14-8-9-17(27(24,25)26)13-5-3-2-4-12(13)14/h2-10H,1H3,(H3,19,20,23)(H,24,25,26). The number of hydrogen-bond acceptors (Lipinski definition) is 5. The number of nitrogens with two attached hydrogens (primary N) is 1. The summed E-state index contributed by atoms with van der Waals surface area (Å²) >= 11 is 0. The highest BCUT2D eigenvalue weighted by Gasteiger charge is 2.15. The summed E-state index contributed by atoms with van der Waals surface area (Å²) in [5, 5.41) is 11.7. The van der Waals surface area contributed by atoms with Crippen molar-refractivity contribution in [1.29, 1.82) is 0 Å². The van der Waals surface area contributed by atoms with Gasteiger partial charge in [-0.05, 0) is 36.8 Å². The van der Waals surface area contributed by atoms with Crippen molar-refractivity contribution in [2.45, 2.75) is 11.8 Å². The van der Waals surface area contributed by atoms with E-state index in [2.05, 4.69) is 15.5 Å². The molecule has 0 fully saturated rings. The molecule has 3 rings (SSSR count). The molecule has 0 unspecified atom stereocenters. The van der Waals surface area contributed by atoms with Gasteiger partial charge in [-0.15, -0.1) is 10.2 Å². The van der Waals surface area contributed by atoms with Crippen LogP contribution in [0.15, 0.2) is 69.7 Å². The summed E-state index contributed by atoms with van der Waals surface area (Å²) in [5.41, 5.74) is 7.29. The van der Waals surface area contributed by atoms with E-state index in [9.17, 15) is 17.8 Å². The van der Waals surface area contributed by atoms with E-state index in [4.69, 9.17) is 5.73 Å². The summed E-state index contributed by atoms with van der Waals surface area (Å²) in [6.07, 6.45) is 0. The van der Waals surface area contributed by atoms with E-state index >= 15 is 0 Å². The Morgan fingerprint density at radius 2 is 1.63 bits per heavy atom. The Morgan fingerprint density at radius 1 is 1.00 bits per heavy atom. The molecule has 3 aromatic carbocycles. The average molecular weight is 384 g/mol. The van der Waals surface area contributed by atoms with Gasteiger partial charge in [0.25, 0.3) is 10.1 Å². The number of carbonyl (C=O) groups excluding carboxylic acids is 1. The maximum absolute atomic E-state index is 11.6. The summed E-state index contributed by atoms with van der Waals surface area (Å²) < 4.78 is 32.5. The van der Waals surface area contributed by atoms with E-state index in [1.807, 2.05) is 6.92 Å². The highest BCUT2D eigenvalue weighted by atomic mass is 32.2. The zero-order chi connectivity index (χ0) is 19.6. The highest BCUT2D eigenvalue weighted by molar-refractivity contribution is 7.86. The van der Waals surface area contributed by atoms with Crippen molar-refractivity contribution in [3.8, 4) is 0 Å². The van der Waals surface area contributed by atoms with Crippen LogP contribution in [-0.2, 0) is 10.1 Å². The average Bonchev–Trinajstić information content (AvgIpc) is 2.59. The second kappa shape index (κ2) is 7.14. The van der Waals surface area contributed by atoms with Gasteiger partial charge in [0.05, 0.1) is 11.4 Å². The van der Waals surface area contributed by atoms with Crippen LogP contribution in [-0.4, -0.2) is 19.0 Å². The first-order chi connectivity index (χ1) is 12.8. The molecule has 0 saturated carbocycles. The fourth-order valence-electron chi connectivity index (χ4n) is 2.65. The zero-order valence-corrected chi connectivity index (χ0v) is 15.1. The number of primary amides is 1. The number of benzene rings is 3. The number of fused-ring (bicyclic) bond motifs is 1. The number of amides is 2. The predicted octanol–water partition coefficient (Wildman–Crippen LogP) is 4.30. The maximum atomic E-state index is 11.6. The molecule has 4 N–H and O–H groups in total. The van der Waals surface area contributed by atoms with Crippen molar-refractivity contribution in [3.63, 3.8) is 0 Å². The van der Waals surface area contributed by atoms with Crippen molar-refractivity contribution in [1.82, 2.24) is 0 Å². The van der Waals surface area contributed by atoms with Gasteiger partial charge in [0.1, 0.15) is 10.6 Å². The lowest BCUT2D eigenvalue weighted by atomic mass is 10.1. The summed E-state index contributed by atoms with van der Waals surface area (Å²) in [6.45, 7) is 1.86. The Morgan fingerprint density at radius 3 is 2.30 bits per heavy atom. The molecule has 8 nitrogen and oxygen atoms in total. The molecule has 138 valence electrons. The van der Waals surface area contributed by atoms with Gasteiger partial charge >= 0.3 is 6.03 Å². The normalized spacial score (nSPS) is 11.8. The van der Waals surface area contributed by atoms with E-state index in [1.54, 1.807) is 42.5 Å². The van der Waals surface area contributed by atoms with Crippen LogP contribution < -0.4 is 11.1 Å². The third-order valence-corrected chi connectivity index (χ3v) is 4.73. The molecule has 27 heavy (non-hydrogen) atoms. The Bertz CT molecular complexity index is 1170. The van der Waals surface area contributed by atoms with E-state index in [0.717, 1.165) is 5.56 Å². The molecular weight excluding hydrogens is 368 g/mol. The van der Waals surface area contributed by atoms with E-state index in [1.165, 1.54) is 12.1 Å². The first kappa shape index (κ1) is 18.5. The van der Waals surface area contributed by atoms with Crippen LogP contribution in [0, 0.1) is 6.92 Å². The zero-order valence-electron chi connectivity index (χ0n) is 14.2. The van der Waals surface area contributed by atoms with Gasteiger partial charge < -0.3 is 11.1 Å². The van der Waals surface area contributed by atoms with Crippen molar-refractivity contribution < 1.29 is 17.8 Å². The van der Waals surface area contributed by atoms with Crippen LogP contribution in [0.25, 0.3) is 10.8 Å². The van der Waals surface area contributed by atoms with Crippen molar-refractivity contribution in [3.05, 3.63) is 60.2 Å². The molecular formula is C18H16N4O4S. The molecule has 9 heteroatoms. The topological polar surface area (TPSA) is 134 Å². The van der Waals surface area contributed by atoms with Gasteiger partial charge in [-0.3, -0.25) is 4.55 Å². The number of anilines is 1. The SMILES string of the molecule is Cc1ccc(N=Nc2ccc(S(=O)(=O)O)c3ccccc23)c(NC(N)=O)c1. The molecule has 0 aromatic heterocycles. The number of nitrogens with one attached hydrogen (secondary N) is 1. The fourth-order valence-corrected chi connectivity index (χ4v) is 3.34. The quantitative estimate of drug-likeness (QED) is 0.456. The van der Waals surface area contributed by atoms with E-state index < -0.39 is 16.1 Å².